The van der Waals surface area contributed by atoms with Crippen LogP contribution in [-0.4, -0.2) is 16.9 Å². The van der Waals surface area contributed by atoms with Crippen molar-refractivity contribution in [2.75, 3.05) is 0 Å². The van der Waals surface area contributed by atoms with Crippen LogP contribution in [-0.2, 0) is 4.79 Å². The van der Waals surface area contributed by atoms with Gasteiger partial charge >= 0.3 is 0 Å². The summed E-state index contributed by atoms with van der Waals surface area (Å²) >= 11 is 7.48. The quantitative estimate of drug-likeness (QED) is 0.808. The lowest BCUT2D eigenvalue weighted by Crippen LogP contribution is -2.28. The molecular formula is C9H11ClN2OS. The number of rotatable bonds is 3. The molecule has 3 nitrogen and oxygen atoms in total. The fraction of sp³-hybridized carbons (Fsp3) is 0.556. The zero-order valence-electron chi connectivity index (χ0n) is 7.79. The number of aromatic nitrogens is 1. The fourth-order valence-corrected chi connectivity index (χ4v) is 2.02. The third-order valence-electron chi connectivity index (χ3n) is 2.05. The summed E-state index contributed by atoms with van der Waals surface area (Å²) in [6.45, 7) is 1.90. The van der Waals surface area contributed by atoms with E-state index in [0.717, 1.165) is 17.8 Å². The average molecular weight is 231 g/mol. The number of carbonyl (C=O) groups is 1. The molecule has 1 aliphatic rings. The molecule has 1 atom stereocenters. The standard InChI is InChI=1S/C9H11ClN2OS/c1-5-11-7(4-14-5)8(10)9(13)12-6-2-3-6/h4,6,8H,2-3H2,1H3,(H,12,13). The van der Waals surface area contributed by atoms with Crippen molar-refractivity contribution in [1.82, 2.24) is 10.3 Å². The molecular weight excluding hydrogens is 220 g/mol. The lowest BCUT2D eigenvalue weighted by molar-refractivity contribution is -0.121. The van der Waals surface area contributed by atoms with Crippen molar-refractivity contribution in [3.8, 4) is 0 Å². The Labute approximate surface area is 91.5 Å². The summed E-state index contributed by atoms with van der Waals surface area (Å²) in [6.07, 6.45) is 2.15. The predicted molar refractivity (Wildman–Crippen MR) is 56.6 cm³/mol. The Morgan fingerprint density at radius 3 is 3.00 bits per heavy atom. The molecule has 1 fully saturated rings. The van der Waals surface area contributed by atoms with E-state index in [2.05, 4.69) is 10.3 Å². The van der Waals surface area contributed by atoms with Gasteiger partial charge in [-0.05, 0) is 19.8 Å². The fourth-order valence-electron chi connectivity index (χ4n) is 1.13. The van der Waals surface area contributed by atoms with Gasteiger partial charge in [-0.3, -0.25) is 4.79 Å². The van der Waals surface area contributed by atoms with Gasteiger partial charge in [0, 0.05) is 11.4 Å². The van der Waals surface area contributed by atoms with E-state index in [4.69, 9.17) is 11.6 Å². The Morgan fingerprint density at radius 1 is 1.79 bits per heavy atom. The maximum Gasteiger partial charge on any atom is 0.244 e. The summed E-state index contributed by atoms with van der Waals surface area (Å²) < 4.78 is 0. The lowest BCUT2D eigenvalue weighted by atomic mass is 10.3. The van der Waals surface area contributed by atoms with Crippen LogP contribution in [0.15, 0.2) is 5.38 Å². The van der Waals surface area contributed by atoms with Crippen molar-refractivity contribution in [2.24, 2.45) is 0 Å². The molecule has 1 aliphatic carbocycles. The van der Waals surface area contributed by atoms with Crippen molar-refractivity contribution >= 4 is 28.8 Å². The number of nitrogens with one attached hydrogen (secondary N) is 1. The van der Waals surface area contributed by atoms with E-state index in [1.54, 1.807) is 0 Å². The molecule has 5 heteroatoms. The Bertz CT molecular complexity index is 348. The molecule has 1 aromatic rings. The number of hydrogen-bond acceptors (Lipinski definition) is 3. The van der Waals surface area contributed by atoms with Crippen molar-refractivity contribution < 1.29 is 4.79 Å². The van der Waals surface area contributed by atoms with Crippen LogP contribution < -0.4 is 5.32 Å². The number of carbonyl (C=O) groups excluding carboxylic acids is 1. The second-order valence-electron chi connectivity index (χ2n) is 3.44. The van der Waals surface area contributed by atoms with Crippen LogP contribution in [0, 0.1) is 6.92 Å². The molecule has 76 valence electrons. The molecule has 0 spiro atoms. The molecule has 0 aromatic carbocycles. The molecule has 1 heterocycles. The molecule has 0 bridgehead atoms. The van der Waals surface area contributed by atoms with E-state index in [0.29, 0.717) is 11.7 Å². The number of alkyl halides is 1. The van der Waals surface area contributed by atoms with Crippen LogP contribution in [0.4, 0.5) is 0 Å². The molecule has 1 unspecified atom stereocenters. The highest BCUT2D eigenvalue weighted by Gasteiger charge is 2.28. The predicted octanol–water partition coefficient (Wildman–Crippen LogP) is 2.01. The molecule has 14 heavy (non-hydrogen) atoms. The Balaban J connectivity index is 1.99. The molecule has 0 saturated heterocycles. The topological polar surface area (TPSA) is 42.0 Å². The van der Waals surface area contributed by atoms with Gasteiger partial charge in [0.2, 0.25) is 5.91 Å². The van der Waals surface area contributed by atoms with E-state index in [9.17, 15) is 4.79 Å². The first kappa shape index (κ1) is 9.93. The monoisotopic (exact) mass is 230 g/mol. The third kappa shape index (κ3) is 2.25. The summed E-state index contributed by atoms with van der Waals surface area (Å²) in [5.41, 5.74) is 0.660. The minimum Gasteiger partial charge on any atom is -0.352 e. The second kappa shape index (κ2) is 3.87. The van der Waals surface area contributed by atoms with E-state index < -0.39 is 5.38 Å². The molecule has 0 radical (unpaired) electrons. The second-order valence-corrected chi connectivity index (χ2v) is 4.94. The number of hydrogen-bond donors (Lipinski definition) is 1. The Morgan fingerprint density at radius 2 is 2.50 bits per heavy atom. The minimum atomic E-state index is -0.638. The lowest BCUT2D eigenvalue weighted by Gasteiger charge is -2.06. The Kier molecular flexibility index (Phi) is 2.74. The summed E-state index contributed by atoms with van der Waals surface area (Å²) in [4.78, 5) is 15.7. The number of halogens is 1. The smallest absolute Gasteiger partial charge is 0.244 e. The highest BCUT2D eigenvalue weighted by Crippen LogP contribution is 2.25. The van der Waals surface area contributed by atoms with Crippen molar-refractivity contribution in [2.45, 2.75) is 31.2 Å². The highest BCUT2D eigenvalue weighted by atomic mass is 35.5. The zero-order valence-corrected chi connectivity index (χ0v) is 9.36. The summed E-state index contributed by atoms with van der Waals surface area (Å²) in [7, 11) is 0. The van der Waals surface area contributed by atoms with Gasteiger partial charge < -0.3 is 5.32 Å². The van der Waals surface area contributed by atoms with E-state index >= 15 is 0 Å². The van der Waals surface area contributed by atoms with E-state index in [1.165, 1.54) is 11.3 Å². The maximum atomic E-state index is 11.5. The van der Waals surface area contributed by atoms with E-state index in [1.807, 2.05) is 12.3 Å². The molecule has 1 amide bonds. The van der Waals surface area contributed by atoms with Gasteiger partial charge in [-0.1, -0.05) is 0 Å². The minimum absolute atomic E-state index is 0.125. The number of thiazole rings is 1. The largest absolute Gasteiger partial charge is 0.352 e. The van der Waals surface area contributed by atoms with Gasteiger partial charge in [-0.15, -0.1) is 22.9 Å². The SMILES string of the molecule is Cc1nc(C(Cl)C(=O)NC2CC2)cs1. The van der Waals surface area contributed by atoms with Crippen molar-refractivity contribution in [1.29, 1.82) is 0 Å². The average Bonchev–Trinajstić information content (AvgIpc) is 2.85. The van der Waals surface area contributed by atoms with Gasteiger partial charge in [0.1, 0.15) is 0 Å². The summed E-state index contributed by atoms with van der Waals surface area (Å²) in [5.74, 6) is -0.125. The zero-order chi connectivity index (χ0) is 10.1. The van der Waals surface area contributed by atoms with Crippen LogP contribution in [0.2, 0.25) is 0 Å². The van der Waals surface area contributed by atoms with Crippen LogP contribution >= 0.6 is 22.9 Å². The highest BCUT2D eigenvalue weighted by molar-refractivity contribution is 7.09. The normalized spacial score (nSPS) is 17.9. The molecule has 1 aromatic heterocycles. The summed E-state index contributed by atoms with van der Waals surface area (Å²) in [5, 5.41) is 4.98. The third-order valence-corrected chi connectivity index (χ3v) is 3.26. The number of amides is 1. The van der Waals surface area contributed by atoms with Gasteiger partial charge in [-0.25, -0.2) is 4.98 Å². The molecule has 1 N–H and O–H groups in total. The van der Waals surface area contributed by atoms with Crippen molar-refractivity contribution in [3.63, 3.8) is 0 Å². The number of aryl methyl sites for hydroxylation is 1. The van der Waals surface area contributed by atoms with E-state index in [-0.39, 0.29) is 5.91 Å². The number of nitrogens with zero attached hydrogens (tertiary/aromatic N) is 1. The Hall–Kier alpha value is -0.610. The van der Waals surface area contributed by atoms with Gasteiger partial charge in [0.15, 0.2) is 5.38 Å². The molecule has 1 saturated carbocycles. The van der Waals surface area contributed by atoms with Gasteiger partial charge in [0.25, 0.3) is 0 Å². The van der Waals surface area contributed by atoms with Crippen molar-refractivity contribution in [3.05, 3.63) is 16.1 Å². The first-order chi connectivity index (χ1) is 6.66. The van der Waals surface area contributed by atoms with Crippen LogP contribution in [0.1, 0.15) is 28.9 Å². The molecule has 0 aliphatic heterocycles. The van der Waals surface area contributed by atoms with Crippen LogP contribution in [0.25, 0.3) is 0 Å². The maximum absolute atomic E-state index is 11.5. The van der Waals surface area contributed by atoms with Crippen LogP contribution in [0.3, 0.4) is 0 Å². The van der Waals surface area contributed by atoms with Gasteiger partial charge in [0.05, 0.1) is 10.7 Å². The first-order valence-corrected chi connectivity index (χ1v) is 5.85. The first-order valence-electron chi connectivity index (χ1n) is 4.53. The molecule has 2 rings (SSSR count). The summed E-state index contributed by atoms with van der Waals surface area (Å²) in [6, 6.07) is 0.350. The van der Waals surface area contributed by atoms with Crippen LogP contribution in [0.5, 0.6) is 0 Å². The van der Waals surface area contributed by atoms with Gasteiger partial charge in [-0.2, -0.15) is 0 Å².